The number of carboxylic acids is 1. The van der Waals surface area contributed by atoms with Gasteiger partial charge in [-0.25, -0.2) is 0 Å². The predicted molar refractivity (Wildman–Crippen MR) is 111 cm³/mol. The minimum absolute atomic E-state index is 0.0156. The molecule has 170 valence electrons. The second-order valence-electron chi connectivity index (χ2n) is 8.88. The Morgan fingerprint density at radius 2 is 1.97 bits per heavy atom. The Balaban J connectivity index is 2.09. The van der Waals surface area contributed by atoms with Crippen molar-refractivity contribution in [1.29, 1.82) is 0 Å². The lowest BCUT2D eigenvalue weighted by molar-refractivity contribution is -0.159. The van der Waals surface area contributed by atoms with E-state index in [1.54, 1.807) is 0 Å². The smallest absolute Gasteiger partial charge is 0.308 e. The molecule has 0 aliphatic heterocycles. The van der Waals surface area contributed by atoms with Gasteiger partial charge in [-0.15, -0.1) is 0 Å². The summed E-state index contributed by atoms with van der Waals surface area (Å²) in [6, 6.07) is 0. The average molecular weight is 425 g/mol. The van der Waals surface area contributed by atoms with E-state index < -0.39 is 30.4 Å². The van der Waals surface area contributed by atoms with E-state index in [1.165, 1.54) is 0 Å². The highest BCUT2D eigenvalue weighted by atomic mass is 16.5. The van der Waals surface area contributed by atoms with Crippen LogP contribution in [0.5, 0.6) is 0 Å². The standard InChI is InChI=1S/C23H36O7/c1-4-13(2)23(29)30-20-11-17(25)9-15-6-5-14(3)19(22(15)20)8-7-16(24)10-18(26)12-21(27)28/h5-6,9,13-14,16-20,22,24-26H,4,7-8,10-12H2,1-3H3,(H,27,28)/t13-,14-,16+,17+,18+,19?,20-,22?/m0/s1. The number of carbonyl (C=O) groups excluding carboxylic acids is 1. The van der Waals surface area contributed by atoms with E-state index in [2.05, 4.69) is 13.0 Å². The maximum Gasteiger partial charge on any atom is 0.308 e. The minimum atomic E-state index is -1.10. The van der Waals surface area contributed by atoms with Gasteiger partial charge >= 0.3 is 11.9 Å². The van der Waals surface area contributed by atoms with Gasteiger partial charge in [0.1, 0.15) is 6.10 Å². The molecule has 0 spiro atoms. The fourth-order valence-corrected chi connectivity index (χ4v) is 4.52. The van der Waals surface area contributed by atoms with Crippen molar-refractivity contribution in [3.8, 4) is 0 Å². The Labute approximate surface area is 178 Å². The van der Waals surface area contributed by atoms with Crippen LogP contribution in [0.15, 0.2) is 23.8 Å². The lowest BCUT2D eigenvalue weighted by atomic mass is 9.66. The number of aliphatic carboxylic acids is 1. The van der Waals surface area contributed by atoms with E-state index >= 15 is 0 Å². The molecule has 8 atom stereocenters. The number of aliphatic hydroxyl groups excluding tert-OH is 3. The van der Waals surface area contributed by atoms with Crippen LogP contribution < -0.4 is 0 Å². The van der Waals surface area contributed by atoms with Gasteiger partial charge in [-0.1, -0.05) is 39.0 Å². The fourth-order valence-electron chi connectivity index (χ4n) is 4.52. The molecule has 0 amide bonds. The minimum Gasteiger partial charge on any atom is -0.481 e. The molecule has 0 aromatic carbocycles. The lowest BCUT2D eigenvalue weighted by Crippen LogP contribution is -2.43. The molecule has 0 fully saturated rings. The van der Waals surface area contributed by atoms with Crippen molar-refractivity contribution in [2.45, 2.75) is 83.7 Å². The van der Waals surface area contributed by atoms with Crippen molar-refractivity contribution in [1.82, 2.24) is 0 Å². The van der Waals surface area contributed by atoms with Crippen molar-refractivity contribution in [3.63, 3.8) is 0 Å². The van der Waals surface area contributed by atoms with E-state index in [1.807, 2.05) is 26.0 Å². The lowest BCUT2D eigenvalue weighted by Gasteiger charge is -2.43. The van der Waals surface area contributed by atoms with Crippen LogP contribution in [0.4, 0.5) is 0 Å². The highest BCUT2D eigenvalue weighted by Crippen LogP contribution is 2.44. The zero-order chi connectivity index (χ0) is 22.4. The fraction of sp³-hybridized carbons (Fsp3) is 0.739. The summed E-state index contributed by atoms with van der Waals surface area (Å²) in [5.41, 5.74) is 0.958. The summed E-state index contributed by atoms with van der Waals surface area (Å²) in [4.78, 5) is 23.1. The number of hydrogen-bond acceptors (Lipinski definition) is 6. The second kappa shape index (κ2) is 11.1. The van der Waals surface area contributed by atoms with Gasteiger partial charge in [-0.05, 0) is 43.1 Å². The first-order valence-corrected chi connectivity index (χ1v) is 11.0. The van der Waals surface area contributed by atoms with Gasteiger partial charge in [0.2, 0.25) is 0 Å². The maximum absolute atomic E-state index is 12.4. The number of ether oxygens (including phenoxy) is 1. The summed E-state index contributed by atoms with van der Waals surface area (Å²) in [7, 11) is 0. The first-order valence-electron chi connectivity index (χ1n) is 11.0. The quantitative estimate of drug-likeness (QED) is 0.397. The summed E-state index contributed by atoms with van der Waals surface area (Å²) in [6.07, 6.45) is 4.64. The number of esters is 1. The second-order valence-corrected chi connectivity index (χ2v) is 8.88. The number of allylic oxidation sites excluding steroid dienone is 2. The molecular weight excluding hydrogens is 388 g/mol. The molecule has 30 heavy (non-hydrogen) atoms. The predicted octanol–water partition coefficient (Wildman–Crippen LogP) is 2.44. The molecule has 4 N–H and O–H groups in total. The normalized spacial score (nSPS) is 31.3. The molecule has 0 saturated heterocycles. The Bertz CT molecular complexity index is 656. The highest BCUT2D eigenvalue weighted by Gasteiger charge is 2.42. The van der Waals surface area contributed by atoms with Gasteiger partial charge in [0.05, 0.1) is 30.7 Å². The first-order chi connectivity index (χ1) is 14.1. The number of hydrogen-bond donors (Lipinski definition) is 4. The van der Waals surface area contributed by atoms with Crippen LogP contribution in [0, 0.1) is 23.7 Å². The average Bonchev–Trinajstić information content (AvgIpc) is 2.65. The van der Waals surface area contributed by atoms with E-state index in [-0.39, 0.29) is 42.5 Å². The van der Waals surface area contributed by atoms with E-state index in [9.17, 15) is 24.9 Å². The summed E-state index contributed by atoms with van der Waals surface area (Å²) in [6.45, 7) is 5.85. The molecule has 0 radical (unpaired) electrons. The monoisotopic (exact) mass is 424 g/mol. The molecule has 0 bridgehead atoms. The van der Waals surface area contributed by atoms with Gasteiger partial charge in [-0.2, -0.15) is 0 Å². The molecule has 0 saturated carbocycles. The largest absolute Gasteiger partial charge is 0.481 e. The number of carboxylic acid groups (broad SMARTS) is 1. The van der Waals surface area contributed by atoms with E-state index in [0.29, 0.717) is 25.7 Å². The van der Waals surface area contributed by atoms with Gasteiger partial charge < -0.3 is 25.2 Å². The van der Waals surface area contributed by atoms with Gasteiger partial charge in [0, 0.05) is 12.3 Å². The van der Waals surface area contributed by atoms with Crippen molar-refractivity contribution in [3.05, 3.63) is 23.8 Å². The first kappa shape index (κ1) is 24.6. The molecule has 0 aromatic rings. The molecule has 2 aliphatic rings. The van der Waals surface area contributed by atoms with Crippen LogP contribution in [-0.4, -0.2) is 56.8 Å². The molecule has 7 nitrogen and oxygen atoms in total. The van der Waals surface area contributed by atoms with Crippen LogP contribution in [0.3, 0.4) is 0 Å². The van der Waals surface area contributed by atoms with Crippen LogP contribution in [-0.2, 0) is 14.3 Å². The Kier molecular flexibility index (Phi) is 9.07. The van der Waals surface area contributed by atoms with Gasteiger partial charge in [0.25, 0.3) is 0 Å². The number of aliphatic hydroxyl groups is 3. The number of rotatable bonds is 10. The highest BCUT2D eigenvalue weighted by molar-refractivity contribution is 5.72. The Hall–Kier alpha value is -1.70. The molecule has 2 rings (SSSR count). The molecule has 0 heterocycles. The molecule has 7 heteroatoms. The zero-order valence-electron chi connectivity index (χ0n) is 18.1. The van der Waals surface area contributed by atoms with Crippen molar-refractivity contribution in [2.24, 2.45) is 23.7 Å². The van der Waals surface area contributed by atoms with Crippen molar-refractivity contribution >= 4 is 11.9 Å². The zero-order valence-corrected chi connectivity index (χ0v) is 18.1. The third-order valence-corrected chi connectivity index (χ3v) is 6.44. The third kappa shape index (κ3) is 6.65. The summed E-state index contributed by atoms with van der Waals surface area (Å²) < 4.78 is 5.84. The maximum atomic E-state index is 12.4. The Morgan fingerprint density at radius 1 is 1.27 bits per heavy atom. The summed E-state index contributed by atoms with van der Waals surface area (Å²) in [5, 5.41) is 39.1. The Morgan fingerprint density at radius 3 is 2.60 bits per heavy atom. The SMILES string of the molecule is CC[C@H](C)C(=O)O[C@H]1C[C@H](O)C=C2C=C[C@H](C)C(CC[C@@H](O)C[C@@H](O)CC(=O)O)C21. The summed E-state index contributed by atoms with van der Waals surface area (Å²) in [5.74, 6) is -1.31. The van der Waals surface area contributed by atoms with Crippen LogP contribution >= 0.6 is 0 Å². The van der Waals surface area contributed by atoms with E-state index in [4.69, 9.17) is 9.84 Å². The number of fused-ring (bicyclic) bond motifs is 1. The molecule has 2 unspecified atom stereocenters. The van der Waals surface area contributed by atoms with Crippen molar-refractivity contribution < 1.29 is 34.8 Å². The number of carbonyl (C=O) groups is 2. The van der Waals surface area contributed by atoms with Crippen molar-refractivity contribution in [2.75, 3.05) is 0 Å². The van der Waals surface area contributed by atoms with Crippen LogP contribution in [0.1, 0.15) is 59.3 Å². The molecule has 2 aliphatic carbocycles. The third-order valence-electron chi connectivity index (χ3n) is 6.44. The van der Waals surface area contributed by atoms with Crippen LogP contribution in [0.2, 0.25) is 0 Å². The van der Waals surface area contributed by atoms with Gasteiger partial charge in [0.15, 0.2) is 0 Å². The topological polar surface area (TPSA) is 124 Å². The van der Waals surface area contributed by atoms with Gasteiger partial charge in [-0.3, -0.25) is 9.59 Å². The summed E-state index contributed by atoms with van der Waals surface area (Å²) >= 11 is 0. The molecular formula is C23H36O7. The molecule has 0 aromatic heterocycles. The van der Waals surface area contributed by atoms with E-state index in [0.717, 1.165) is 5.57 Å². The van der Waals surface area contributed by atoms with Crippen LogP contribution in [0.25, 0.3) is 0 Å².